The van der Waals surface area contributed by atoms with Crippen molar-refractivity contribution in [3.05, 3.63) is 59.7 Å². The van der Waals surface area contributed by atoms with E-state index in [1.807, 2.05) is 31.2 Å². The van der Waals surface area contributed by atoms with Crippen molar-refractivity contribution < 1.29 is 9.13 Å². The first-order chi connectivity index (χ1) is 10.2. The van der Waals surface area contributed by atoms with Crippen LogP contribution in [0.15, 0.2) is 42.6 Å². The topological polar surface area (TPSA) is 35.0 Å². The molecule has 3 rings (SSSR count). The van der Waals surface area contributed by atoms with Crippen molar-refractivity contribution in [2.75, 3.05) is 0 Å². The molecule has 0 amide bonds. The fourth-order valence-corrected chi connectivity index (χ4v) is 2.25. The van der Waals surface area contributed by atoms with Crippen LogP contribution in [0.4, 0.5) is 4.39 Å². The van der Waals surface area contributed by atoms with E-state index in [1.54, 1.807) is 6.07 Å². The highest BCUT2D eigenvalue weighted by molar-refractivity contribution is 6.17. The van der Waals surface area contributed by atoms with Gasteiger partial charge in [0.05, 0.1) is 12.1 Å². The number of hydrogen-bond donors (Lipinski definition) is 0. The third kappa shape index (κ3) is 2.81. The predicted octanol–water partition coefficient (Wildman–Crippen LogP) is 4.61. The Labute approximate surface area is 126 Å². The molecule has 0 saturated heterocycles. The summed E-state index contributed by atoms with van der Waals surface area (Å²) in [5.74, 6) is 0.547. The van der Waals surface area contributed by atoms with E-state index in [9.17, 15) is 4.39 Å². The zero-order valence-corrected chi connectivity index (χ0v) is 12.1. The van der Waals surface area contributed by atoms with Crippen molar-refractivity contribution in [2.45, 2.75) is 12.8 Å². The van der Waals surface area contributed by atoms with Gasteiger partial charge in [-0.2, -0.15) is 0 Å². The Kier molecular flexibility index (Phi) is 3.71. The molecule has 0 radical (unpaired) electrons. The van der Waals surface area contributed by atoms with E-state index < -0.39 is 5.82 Å². The second-order valence-electron chi connectivity index (χ2n) is 4.63. The molecule has 0 bridgehead atoms. The number of aryl methyl sites for hydroxylation is 1. The van der Waals surface area contributed by atoms with Gasteiger partial charge in [0.25, 0.3) is 0 Å². The first-order valence-corrected chi connectivity index (χ1v) is 6.95. The molecule has 0 aliphatic carbocycles. The van der Waals surface area contributed by atoms with E-state index in [4.69, 9.17) is 16.3 Å². The van der Waals surface area contributed by atoms with Crippen LogP contribution in [0.25, 0.3) is 10.9 Å². The summed E-state index contributed by atoms with van der Waals surface area (Å²) < 4.78 is 19.0. The molecule has 106 valence electrons. The number of fused-ring (bicyclic) bond motifs is 1. The van der Waals surface area contributed by atoms with E-state index in [0.717, 1.165) is 22.8 Å². The van der Waals surface area contributed by atoms with Crippen molar-refractivity contribution in [3.8, 4) is 11.6 Å². The molecule has 0 unspecified atom stereocenters. The lowest BCUT2D eigenvalue weighted by atomic mass is 10.2. The van der Waals surface area contributed by atoms with Gasteiger partial charge in [0.15, 0.2) is 5.75 Å². The highest BCUT2D eigenvalue weighted by Gasteiger charge is 2.10. The lowest BCUT2D eigenvalue weighted by molar-refractivity contribution is 0.458. The molecule has 3 aromatic rings. The van der Waals surface area contributed by atoms with Gasteiger partial charge in [0, 0.05) is 16.6 Å². The van der Waals surface area contributed by atoms with E-state index in [-0.39, 0.29) is 5.88 Å². The molecule has 5 heteroatoms. The summed E-state index contributed by atoms with van der Waals surface area (Å²) in [5, 5.41) is 0.965. The molecule has 2 aromatic heterocycles. The maximum Gasteiger partial charge on any atom is 0.223 e. The summed E-state index contributed by atoms with van der Waals surface area (Å²) in [6, 6.07) is 10.9. The second kappa shape index (κ2) is 5.66. The number of pyridine rings is 2. The van der Waals surface area contributed by atoms with Crippen molar-refractivity contribution in [1.29, 1.82) is 0 Å². The molecule has 0 aliphatic heterocycles. The lowest BCUT2D eigenvalue weighted by Crippen LogP contribution is -1.96. The van der Waals surface area contributed by atoms with Crippen LogP contribution in [-0.4, -0.2) is 9.97 Å². The Bertz CT molecular complexity index is 807. The van der Waals surface area contributed by atoms with E-state index >= 15 is 0 Å². The zero-order valence-electron chi connectivity index (χ0n) is 11.3. The van der Waals surface area contributed by atoms with Gasteiger partial charge in [-0.3, -0.25) is 0 Å². The number of para-hydroxylation sites is 1. The standard InChI is InChI=1S/C16H12ClFN2O/c1-10-5-6-11-3-2-4-14(15(11)20-10)21-16-12(8-17)7-13(18)9-19-16/h2-7,9H,8H2,1H3. The molecule has 0 N–H and O–H groups in total. The molecule has 0 spiro atoms. The van der Waals surface area contributed by atoms with E-state index in [2.05, 4.69) is 9.97 Å². The van der Waals surface area contributed by atoms with Gasteiger partial charge in [-0.15, -0.1) is 11.6 Å². The number of hydrogen-bond acceptors (Lipinski definition) is 3. The Morgan fingerprint density at radius 3 is 2.90 bits per heavy atom. The summed E-state index contributed by atoms with van der Waals surface area (Å²) in [6.07, 6.45) is 1.11. The molecule has 3 nitrogen and oxygen atoms in total. The largest absolute Gasteiger partial charge is 0.436 e. The maximum absolute atomic E-state index is 13.2. The molecular weight excluding hydrogens is 291 g/mol. The average molecular weight is 303 g/mol. The van der Waals surface area contributed by atoms with Crippen LogP contribution in [0.2, 0.25) is 0 Å². The normalized spacial score (nSPS) is 10.8. The molecule has 1 aromatic carbocycles. The zero-order chi connectivity index (χ0) is 14.8. The minimum absolute atomic E-state index is 0.122. The summed E-state index contributed by atoms with van der Waals surface area (Å²) in [4.78, 5) is 8.45. The number of nitrogens with zero attached hydrogens (tertiary/aromatic N) is 2. The van der Waals surface area contributed by atoms with Crippen molar-refractivity contribution in [3.63, 3.8) is 0 Å². The van der Waals surface area contributed by atoms with Gasteiger partial charge in [0.2, 0.25) is 5.88 Å². The number of halogens is 2. The molecule has 0 fully saturated rings. The third-order valence-corrected chi connectivity index (χ3v) is 3.35. The Balaban J connectivity index is 2.08. The molecule has 21 heavy (non-hydrogen) atoms. The third-order valence-electron chi connectivity index (χ3n) is 3.07. The van der Waals surface area contributed by atoms with Crippen LogP contribution in [0.3, 0.4) is 0 Å². The highest BCUT2D eigenvalue weighted by Crippen LogP contribution is 2.30. The predicted molar refractivity (Wildman–Crippen MR) is 80.3 cm³/mol. The van der Waals surface area contributed by atoms with Crippen LogP contribution in [0.5, 0.6) is 11.6 Å². The smallest absolute Gasteiger partial charge is 0.223 e. The summed E-state index contributed by atoms with van der Waals surface area (Å²) >= 11 is 5.81. The summed E-state index contributed by atoms with van der Waals surface area (Å²) in [5.41, 5.74) is 2.13. The number of aromatic nitrogens is 2. The monoisotopic (exact) mass is 302 g/mol. The summed E-state index contributed by atoms with van der Waals surface area (Å²) in [7, 11) is 0. The Morgan fingerprint density at radius 1 is 1.24 bits per heavy atom. The quantitative estimate of drug-likeness (QED) is 0.663. The van der Waals surface area contributed by atoms with Crippen molar-refractivity contribution >= 4 is 22.5 Å². The van der Waals surface area contributed by atoms with Gasteiger partial charge >= 0.3 is 0 Å². The Morgan fingerprint density at radius 2 is 2.10 bits per heavy atom. The highest BCUT2D eigenvalue weighted by atomic mass is 35.5. The average Bonchev–Trinajstić information content (AvgIpc) is 2.49. The van der Waals surface area contributed by atoms with Crippen LogP contribution >= 0.6 is 11.6 Å². The Hall–Kier alpha value is -2.20. The van der Waals surface area contributed by atoms with Crippen molar-refractivity contribution in [2.24, 2.45) is 0 Å². The second-order valence-corrected chi connectivity index (χ2v) is 4.90. The first kappa shape index (κ1) is 13.8. The summed E-state index contributed by atoms with van der Waals surface area (Å²) in [6.45, 7) is 1.91. The molecule has 0 atom stereocenters. The van der Waals surface area contributed by atoms with E-state index in [0.29, 0.717) is 17.2 Å². The minimum Gasteiger partial charge on any atom is -0.436 e. The maximum atomic E-state index is 13.2. The number of ether oxygens (including phenoxy) is 1. The van der Waals surface area contributed by atoms with Gasteiger partial charge in [-0.1, -0.05) is 18.2 Å². The minimum atomic E-state index is -0.440. The van der Waals surface area contributed by atoms with E-state index in [1.165, 1.54) is 6.07 Å². The van der Waals surface area contributed by atoms with Crippen LogP contribution in [-0.2, 0) is 5.88 Å². The van der Waals surface area contributed by atoms with Crippen LogP contribution in [0.1, 0.15) is 11.3 Å². The SMILES string of the molecule is Cc1ccc2cccc(Oc3ncc(F)cc3CCl)c2n1. The van der Waals surface area contributed by atoms with Gasteiger partial charge in [-0.05, 0) is 25.1 Å². The molecular formula is C16H12ClFN2O. The van der Waals surface area contributed by atoms with Gasteiger partial charge in [-0.25, -0.2) is 14.4 Å². The van der Waals surface area contributed by atoms with Gasteiger partial charge < -0.3 is 4.74 Å². The number of benzene rings is 1. The molecule has 0 aliphatic rings. The van der Waals surface area contributed by atoms with Crippen molar-refractivity contribution in [1.82, 2.24) is 9.97 Å². The molecule has 2 heterocycles. The fourth-order valence-electron chi connectivity index (χ4n) is 2.06. The lowest BCUT2D eigenvalue weighted by Gasteiger charge is -2.10. The van der Waals surface area contributed by atoms with Gasteiger partial charge in [0.1, 0.15) is 11.3 Å². The molecule has 0 saturated carbocycles. The van der Waals surface area contributed by atoms with Crippen LogP contribution in [0, 0.1) is 12.7 Å². The number of rotatable bonds is 3. The first-order valence-electron chi connectivity index (χ1n) is 6.42. The fraction of sp³-hybridized carbons (Fsp3) is 0.125. The van der Waals surface area contributed by atoms with Crippen LogP contribution < -0.4 is 4.74 Å². The number of alkyl halides is 1.